The molecule has 0 aliphatic carbocycles. The topological polar surface area (TPSA) is 61.9 Å². The van der Waals surface area contributed by atoms with Gasteiger partial charge in [-0.2, -0.15) is 0 Å². The molecule has 4 rings (SSSR count). The number of aryl methyl sites for hydroxylation is 1. The highest BCUT2D eigenvalue weighted by molar-refractivity contribution is 6.09. The Labute approximate surface area is 175 Å². The van der Waals surface area contributed by atoms with Gasteiger partial charge in [-0.3, -0.25) is 14.5 Å². The van der Waals surface area contributed by atoms with E-state index in [0.717, 1.165) is 5.56 Å². The number of likely N-dealkylation sites (tertiary alicyclic amines) is 1. The van der Waals surface area contributed by atoms with Gasteiger partial charge in [-0.05, 0) is 19.1 Å². The number of para-hydroxylation sites is 1. The number of halogens is 1. The molecule has 7 heteroatoms. The molecule has 2 amide bonds. The Morgan fingerprint density at radius 3 is 2.67 bits per heavy atom. The summed E-state index contributed by atoms with van der Waals surface area (Å²) in [6.07, 6.45) is -1.17. The van der Waals surface area contributed by atoms with E-state index in [-0.39, 0.29) is 24.8 Å². The molecule has 1 fully saturated rings. The number of nitrogens with one attached hydrogen (secondary N) is 1. The van der Waals surface area contributed by atoms with Gasteiger partial charge in [0.2, 0.25) is 5.91 Å². The van der Waals surface area contributed by atoms with Crippen LogP contribution in [0.3, 0.4) is 0 Å². The average molecular weight is 411 g/mol. The molecule has 30 heavy (non-hydrogen) atoms. The Balaban J connectivity index is 2.03. The van der Waals surface area contributed by atoms with E-state index in [0.29, 0.717) is 22.6 Å². The number of likely N-dealkylation sites (N-methyl/N-ethyl adjacent to an activating group) is 1. The minimum Gasteiger partial charge on any atom is -0.496 e. The maximum absolute atomic E-state index is 14.8. The smallest absolute Gasteiger partial charge is 0.254 e. The van der Waals surface area contributed by atoms with Crippen LogP contribution in [0, 0.1) is 6.92 Å². The number of carbonyl (C=O) groups excluding carboxylic acids is 2. The molecule has 1 saturated heterocycles. The van der Waals surface area contributed by atoms with E-state index in [1.54, 1.807) is 32.2 Å². The summed E-state index contributed by atoms with van der Waals surface area (Å²) in [7, 11) is 4.84. The van der Waals surface area contributed by atoms with Crippen molar-refractivity contribution in [1.29, 1.82) is 0 Å². The number of carbonyl (C=O) groups is 2. The highest BCUT2D eigenvalue weighted by Gasteiger charge is 2.59. The molecule has 158 valence electrons. The number of fused-ring (bicyclic) bond motifs is 1. The molecule has 3 atom stereocenters. The highest BCUT2D eigenvalue weighted by Crippen LogP contribution is 2.51. The van der Waals surface area contributed by atoms with Crippen LogP contribution < -0.4 is 10.1 Å². The standard InChI is InChI=1S/C23H26FN3O3/c1-14-9-10-18-17(11-14)23(22(29)25-18,16-7-5-6-8-20(16)30-4)27-13-15(24)12-19(27)21(28)26(2)3/h5-11,15,19H,12-13H2,1-4H3,(H,25,29)/t15-,19+,23?/m1/s1. The van der Waals surface area contributed by atoms with E-state index < -0.39 is 17.8 Å². The molecule has 0 spiro atoms. The number of benzene rings is 2. The first-order valence-corrected chi connectivity index (χ1v) is 9.98. The summed E-state index contributed by atoms with van der Waals surface area (Å²) in [6, 6.07) is 12.2. The van der Waals surface area contributed by atoms with Crippen molar-refractivity contribution in [2.75, 3.05) is 33.1 Å². The number of nitrogens with zero attached hydrogens (tertiary/aromatic N) is 2. The van der Waals surface area contributed by atoms with Crippen LogP contribution in [0.25, 0.3) is 0 Å². The van der Waals surface area contributed by atoms with Gasteiger partial charge >= 0.3 is 0 Å². The van der Waals surface area contributed by atoms with Crippen LogP contribution in [0.5, 0.6) is 5.75 Å². The van der Waals surface area contributed by atoms with Crippen molar-refractivity contribution in [2.45, 2.75) is 31.1 Å². The summed E-state index contributed by atoms with van der Waals surface area (Å²) >= 11 is 0. The first-order chi connectivity index (χ1) is 14.3. The zero-order chi connectivity index (χ0) is 21.6. The maximum atomic E-state index is 14.8. The van der Waals surface area contributed by atoms with Gasteiger partial charge in [0.25, 0.3) is 5.91 Å². The summed E-state index contributed by atoms with van der Waals surface area (Å²) in [5, 5.41) is 2.96. The van der Waals surface area contributed by atoms with E-state index >= 15 is 0 Å². The van der Waals surface area contributed by atoms with Crippen molar-refractivity contribution in [1.82, 2.24) is 9.80 Å². The second-order valence-corrected chi connectivity index (χ2v) is 8.15. The molecule has 6 nitrogen and oxygen atoms in total. The first-order valence-electron chi connectivity index (χ1n) is 9.98. The molecule has 0 saturated carbocycles. The third kappa shape index (κ3) is 2.88. The minimum absolute atomic E-state index is 0.0247. The van der Waals surface area contributed by atoms with Crippen molar-refractivity contribution < 1.29 is 18.7 Å². The van der Waals surface area contributed by atoms with Crippen molar-refractivity contribution in [3.05, 3.63) is 59.2 Å². The van der Waals surface area contributed by atoms with Gasteiger partial charge in [-0.25, -0.2) is 4.39 Å². The number of anilines is 1. The summed E-state index contributed by atoms with van der Waals surface area (Å²) in [4.78, 5) is 29.9. The van der Waals surface area contributed by atoms with Crippen molar-refractivity contribution in [2.24, 2.45) is 0 Å². The van der Waals surface area contributed by atoms with Gasteiger partial charge in [-0.15, -0.1) is 0 Å². The molecular weight excluding hydrogens is 385 g/mol. The monoisotopic (exact) mass is 411 g/mol. The fraction of sp³-hybridized carbons (Fsp3) is 0.391. The number of rotatable bonds is 4. The molecule has 2 aromatic rings. The van der Waals surface area contributed by atoms with Gasteiger partial charge in [0.1, 0.15) is 11.9 Å². The Morgan fingerprint density at radius 1 is 1.23 bits per heavy atom. The maximum Gasteiger partial charge on any atom is 0.254 e. The van der Waals surface area contributed by atoms with E-state index in [2.05, 4.69) is 5.32 Å². The molecule has 0 bridgehead atoms. The largest absolute Gasteiger partial charge is 0.496 e. The van der Waals surface area contributed by atoms with Crippen molar-refractivity contribution in [3.63, 3.8) is 0 Å². The molecule has 1 N–H and O–H groups in total. The molecule has 2 aliphatic rings. The normalized spacial score (nSPS) is 25.7. The molecular formula is C23H26FN3O3. The lowest BCUT2D eigenvalue weighted by molar-refractivity contribution is -0.138. The highest BCUT2D eigenvalue weighted by atomic mass is 19.1. The number of hydrogen-bond donors (Lipinski definition) is 1. The van der Waals surface area contributed by atoms with Gasteiger partial charge in [0.05, 0.1) is 13.2 Å². The number of ether oxygens (including phenoxy) is 1. The number of alkyl halides is 1. The van der Waals surface area contributed by atoms with E-state index in [9.17, 15) is 14.0 Å². The van der Waals surface area contributed by atoms with Gasteiger partial charge in [0, 0.05) is 43.9 Å². The van der Waals surface area contributed by atoms with E-state index in [1.807, 2.05) is 43.3 Å². The van der Waals surface area contributed by atoms with E-state index in [1.165, 1.54) is 4.90 Å². The number of methoxy groups -OCH3 is 1. The van der Waals surface area contributed by atoms with Gasteiger partial charge < -0.3 is 15.0 Å². The van der Waals surface area contributed by atoms with Crippen LogP contribution in [0.4, 0.5) is 10.1 Å². The Kier molecular flexibility index (Phi) is 5.02. The molecule has 1 unspecified atom stereocenters. The van der Waals surface area contributed by atoms with Gasteiger partial charge in [-0.1, -0.05) is 35.9 Å². The summed E-state index contributed by atoms with van der Waals surface area (Å²) in [5.41, 5.74) is 1.57. The van der Waals surface area contributed by atoms with Crippen molar-refractivity contribution in [3.8, 4) is 5.75 Å². The Hall–Kier alpha value is -2.93. The predicted molar refractivity (Wildman–Crippen MR) is 112 cm³/mol. The fourth-order valence-electron chi connectivity index (χ4n) is 4.74. The Bertz CT molecular complexity index is 1010. The molecule has 2 aromatic carbocycles. The summed E-state index contributed by atoms with van der Waals surface area (Å²) < 4.78 is 20.4. The molecule has 0 aromatic heterocycles. The fourth-order valence-corrected chi connectivity index (χ4v) is 4.74. The van der Waals surface area contributed by atoms with Gasteiger partial charge in [0.15, 0.2) is 5.54 Å². The van der Waals surface area contributed by atoms with Crippen LogP contribution >= 0.6 is 0 Å². The lowest BCUT2D eigenvalue weighted by Gasteiger charge is -2.41. The summed E-state index contributed by atoms with van der Waals surface area (Å²) in [5.74, 6) is -0.0167. The second kappa shape index (κ2) is 7.40. The van der Waals surface area contributed by atoms with Crippen LogP contribution in [0.2, 0.25) is 0 Å². The van der Waals surface area contributed by atoms with Crippen LogP contribution in [-0.2, 0) is 15.1 Å². The average Bonchev–Trinajstić information content (AvgIpc) is 3.24. The third-order valence-electron chi connectivity index (χ3n) is 6.05. The van der Waals surface area contributed by atoms with E-state index in [4.69, 9.17) is 4.74 Å². The van der Waals surface area contributed by atoms with Crippen LogP contribution in [-0.4, -0.2) is 61.6 Å². The Morgan fingerprint density at radius 2 is 1.97 bits per heavy atom. The number of amides is 2. The van der Waals surface area contributed by atoms with Crippen LogP contribution in [0.15, 0.2) is 42.5 Å². The second-order valence-electron chi connectivity index (χ2n) is 8.15. The number of hydrogen-bond acceptors (Lipinski definition) is 4. The summed E-state index contributed by atoms with van der Waals surface area (Å²) in [6.45, 7) is 1.92. The molecule has 2 aliphatic heterocycles. The lowest BCUT2D eigenvalue weighted by Crippen LogP contribution is -2.57. The zero-order valence-corrected chi connectivity index (χ0v) is 17.6. The van der Waals surface area contributed by atoms with Crippen LogP contribution in [0.1, 0.15) is 23.1 Å². The molecule has 2 heterocycles. The SMILES string of the molecule is COc1ccccc1C1(N2C[C@H](F)C[C@H]2C(=O)N(C)C)C(=O)Nc2ccc(C)cc21. The predicted octanol–water partition coefficient (Wildman–Crippen LogP) is 2.70. The third-order valence-corrected chi connectivity index (χ3v) is 6.05. The van der Waals surface area contributed by atoms with Crippen molar-refractivity contribution >= 4 is 17.5 Å². The minimum atomic E-state index is -1.37. The first kappa shape index (κ1) is 20.3. The zero-order valence-electron chi connectivity index (χ0n) is 17.6. The lowest BCUT2D eigenvalue weighted by atomic mass is 9.80. The molecule has 0 radical (unpaired) electrons. The quantitative estimate of drug-likeness (QED) is 0.841.